The van der Waals surface area contributed by atoms with Gasteiger partial charge in [-0.2, -0.15) is 0 Å². The van der Waals surface area contributed by atoms with Crippen molar-refractivity contribution in [3.05, 3.63) is 6.42 Å². The van der Waals surface area contributed by atoms with Gasteiger partial charge in [-0.3, -0.25) is 4.79 Å². The number of carboxylic acid groups (broad SMARTS) is 1. The Morgan fingerprint density at radius 3 is 2.52 bits per heavy atom. The van der Waals surface area contributed by atoms with Gasteiger partial charge in [0.25, 0.3) is 0 Å². The molecule has 2 aliphatic rings. The molecule has 1 saturated carbocycles. The number of sulfone groups is 1. The van der Waals surface area contributed by atoms with Crippen LogP contribution < -0.4 is 16.8 Å². The van der Waals surface area contributed by atoms with Crippen LogP contribution in [0.25, 0.3) is 0 Å². The molecule has 0 unspecified atom stereocenters. The third-order valence-electron chi connectivity index (χ3n) is 4.06. The van der Waals surface area contributed by atoms with Crippen LogP contribution in [0.2, 0.25) is 0 Å². The first kappa shape index (κ1) is 16.2. The van der Waals surface area contributed by atoms with E-state index < -0.39 is 50.2 Å². The quantitative estimate of drug-likeness (QED) is 0.396. The summed E-state index contributed by atoms with van der Waals surface area (Å²) in [5.41, 5.74) is 9.29. The summed E-state index contributed by atoms with van der Waals surface area (Å²) >= 11 is 0. The molecule has 1 radical (unpaired) electrons. The summed E-state index contributed by atoms with van der Waals surface area (Å²) < 4.78 is 23.6. The van der Waals surface area contributed by atoms with E-state index in [-0.39, 0.29) is 0 Å². The minimum absolute atomic E-state index is 0.378. The van der Waals surface area contributed by atoms with Crippen molar-refractivity contribution in [2.75, 3.05) is 12.3 Å². The zero-order valence-corrected chi connectivity index (χ0v) is 12.3. The number of rotatable bonds is 7. The minimum atomic E-state index is -3.50. The lowest BCUT2D eigenvalue weighted by Gasteiger charge is -2.28. The van der Waals surface area contributed by atoms with Crippen molar-refractivity contribution in [2.45, 2.75) is 36.1 Å². The number of carbonyl (C=O) groups excluding carboxylic acids is 1. The van der Waals surface area contributed by atoms with Crippen LogP contribution in [-0.4, -0.2) is 54.5 Å². The van der Waals surface area contributed by atoms with Gasteiger partial charge in [0.2, 0.25) is 5.91 Å². The predicted octanol–water partition coefficient (Wildman–Crippen LogP) is -1.99. The fraction of sp³-hybridized carbons (Fsp3) is 0.750. The largest absolute Gasteiger partial charge is 0.479 e. The van der Waals surface area contributed by atoms with Gasteiger partial charge in [-0.25, -0.2) is 13.2 Å². The van der Waals surface area contributed by atoms with Crippen molar-refractivity contribution < 1.29 is 23.1 Å². The molecule has 1 saturated heterocycles. The molecule has 0 spiro atoms. The molecule has 1 aliphatic carbocycles. The van der Waals surface area contributed by atoms with Crippen LogP contribution in [0, 0.1) is 12.3 Å². The normalized spacial score (nSPS) is 34.0. The number of carbonyl (C=O) groups is 2. The Labute approximate surface area is 123 Å². The fourth-order valence-electron chi connectivity index (χ4n) is 2.77. The summed E-state index contributed by atoms with van der Waals surface area (Å²) in [6, 6.07) is -0.867. The molecule has 0 bridgehead atoms. The van der Waals surface area contributed by atoms with E-state index in [1.807, 2.05) is 0 Å². The minimum Gasteiger partial charge on any atom is -0.479 e. The van der Waals surface area contributed by atoms with E-state index in [4.69, 9.17) is 11.5 Å². The molecular weight excluding hydrogens is 298 g/mol. The molecule has 2 rings (SSSR count). The Kier molecular flexibility index (Phi) is 4.27. The van der Waals surface area contributed by atoms with E-state index in [2.05, 4.69) is 5.32 Å². The molecule has 0 aromatic carbocycles. The van der Waals surface area contributed by atoms with Crippen molar-refractivity contribution in [3.63, 3.8) is 0 Å². The molecule has 9 heteroatoms. The topological polar surface area (TPSA) is 153 Å². The number of fused-ring (bicyclic) bond motifs is 1. The maximum atomic E-state index is 12.0. The monoisotopic (exact) mass is 318 g/mol. The molecule has 1 amide bonds. The number of hydrogen-bond acceptors (Lipinski definition) is 6. The van der Waals surface area contributed by atoms with E-state index in [1.165, 1.54) is 6.42 Å². The average Bonchev–Trinajstić information content (AvgIpc) is 3.14. The fourth-order valence-corrected chi connectivity index (χ4v) is 5.07. The second-order valence-corrected chi connectivity index (χ2v) is 7.81. The molecule has 6 N–H and O–H groups in total. The number of amides is 1. The predicted molar refractivity (Wildman–Crippen MR) is 74.8 cm³/mol. The SMILES string of the molecule is NCCCC[C@H](N)C(=O)N[C@@]1(C(=O)O)CS(=O)(=O)[C@H]2[CH][C@H]21. The summed E-state index contributed by atoms with van der Waals surface area (Å²) in [5, 5.41) is 11.0. The Morgan fingerprint density at radius 1 is 1.43 bits per heavy atom. The second-order valence-electron chi connectivity index (χ2n) is 5.65. The maximum Gasteiger partial charge on any atom is 0.330 e. The van der Waals surface area contributed by atoms with Crippen molar-refractivity contribution in [1.29, 1.82) is 0 Å². The van der Waals surface area contributed by atoms with Crippen molar-refractivity contribution >= 4 is 21.7 Å². The van der Waals surface area contributed by atoms with Crippen molar-refractivity contribution in [1.82, 2.24) is 5.32 Å². The van der Waals surface area contributed by atoms with Gasteiger partial charge in [0.1, 0.15) is 0 Å². The van der Waals surface area contributed by atoms with E-state index in [9.17, 15) is 23.1 Å². The Balaban J connectivity index is 2.05. The first-order valence-corrected chi connectivity index (χ1v) is 8.54. The third kappa shape index (κ3) is 2.90. The molecule has 119 valence electrons. The number of carboxylic acids is 1. The van der Waals surface area contributed by atoms with E-state index in [0.717, 1.165) is 6.42 Å². The highest BCUT2D eigenvalue weighted by molar-refractivity contribution is 7.93. The molecule has 4 atom stereocenters. The summed E-state index contributed by atoms with van der Waals surface area (Å²) in [7, 11) is -3.50. The standard InChI is InChI=1S/C12H20N3O5S/c13-4-2-1-3-8(14)10(16)15-12(11(17)18)6-21(19,20)9-5-7(9)12/h5,7-9H,1-4,6,13-14H2,(H,15,16)(H,17,18)/t7-,8+,9+,12+/m1/s1. The van der Waals surface area contributed by atoms with Crippen LogP contribution in [0.4, 0.5) is 0 Å². The summed E-state index contributed by atoms with van der Waals surface area (Å²) in [6.45, 7) is 0.490. The van der Waals surface area contributed by atoms with Crippen LogP contribution in [0.3, 0.4) is 0 Å². The smallest absolute Gasteiger partial charge is 0.330 e. The highest BCUT2D eigenvalue weighted by Gasteiger charge is 2.71. The second kappa shape index (κ2) is 5.54. The lowest BCUT2D eigenvalue weighted by Crippen LogP contribution is -2.61. The van der Waals surface area contributed by atoms with E-state index >= 15 is 0 Å². The Morgan fingerprint density at radius 2 is 2.10 bits per heavy atom. The van der Waals surface area contributed by atoms with Crippen LogP contribution >= 0.6 is 0 Å². The summed E-state index contributed by atoms with van der Waals surface area (Å²) in [4.78, 5) is 23.5. The highest BCUT2D eigenvalue weighted by Crippen LogP contribution is 2.51. The number of nitrogens with two attached hydrogens (primary N) is 2. The summed E-state index contributed by atoms with van der Waals surface area (Å²) in [6.07, 6.45) is 3.19. The van der Waals surface area contributed by atoms with Crippen molar-refractivity contribution in [2.24, 2.45) is 17.4 Å². The first-order valence-electron chi connectivity index (χ1n) is 6.82. The lowest BCUT2D eigenvalue weighted by molar-refractivity contribution is -0.147. The molecule has 0 aromatic rings. The molecule has 21 heavy (non-hydrogen) atoms. The molecule has 8 nitrogen and oxygen atoms in total. The van der Waals surface area contributed by atoms with Crippen molar-refractivity contribution in [3.8, 4) is 0 Å². The van der Waals surface area contributed by atoms with Gasteiger partial charge in [-0.15, -0.1) is 0 Å². The average molecular weight is 318 g/mol. The van der Waals surface area contributed by atoms with Gasteiger partial charge in [0.05, 0.1) is 17.0 Å². The van der Waals surface area contributed by atoms with Gasteiger partial charge in [0.15, 0.2) is 15.4 Å². The number of unbranched alkanes of at least 4 members (excludes halogenated alkanes) is 1. The number of aliphatic carboxylic acids is 1. The highest BCUT2D eigenvalue weighted by atomic mass is 32.2. The molecular formula is C12H20N3O5S. The Hall–Kier alpha value is -1.19. The van der Waals surface area contributed by atoms with Crippen LogP contribution in [-0.2, 0) is 19.4 Å². The number of hydrogen-bond donors (Lipinski definition) is 4. The van der Waals surface area contributed by atoms with Gasteiger partial charge < -0.3 is 21.9 Å². The van der Waals surface area contributed by atoms with Crippen LogP contribution in [0.15, 0.2) is 0 Å². The van der Waals surface area contributed by atoms with E-state index in [1.54, 1.807) is 0 Å². The van der Waals surface area contributed by atoms with Gasteiger partial charge in [-0.05, 0) is 25.8 Å². The lowest BCUT2D eigenvalue weighted by atomic mass is 9.95. The zero-order valence-electron chi connectivity index (χ0n) is 11.5. The molecule has 0 aromatic heterocycles. The molecule has 1 heterocycles. The molecule has 2 fully saturated rings. The van der Waals surface area contributed by atoms with Crippen LogP contribution in [0.5, 0.6) is 0 Å². The molecule has 1 aliphatic heterocycles. The van der Waals surface area contributed by atoms with Gasteiger partial charge >= 0.3 is 5.97 Å². The first-order chi connectivity index (χ1) is 9.74. The number of nitrogens with one attached hydrogen (secondary N) is 1. The van der Waals surface area contributed by atoms with Gasteiger partial charge in [-0.1, -0.05) is 6.42 Å². The zero-order chi connectivity index (χ0) is 15.8. The van der Waals surface area contributed by atoms with Gasteiger partial charge in [0, 0.05) is 5.92 Å². The van der Waals surface area contributed by atoms with E-state index in [0.29, 0.717) is 19.4 Å². The maximum absolute atomic E-state index is 12.0. The summed E-state index contributed by atoms with van der Waals surface area (Å²) in [5.74, 6) is -3.22. The Bertz CT molecular complexity index is 549. The van der Waals surface area contributed by atoms with Crippen LogP contribution in [0.1, 0.15) is 19.3 Å². The third-order valence-corrected chi connectivity index (χ3v) is 6.19.